The SMILES string of the molecule is CCCNC(CCN(C)CC(C)(C)O)c1ccc(F)cc1. The molecule has 1 rings (SSSR count). The lowest BCUT2D eigenvalue weighted by atomic mass is 10.0. The molecule has 0 saturated heterocycles. The molecule has 4 heteroatoms. The number of aliphatic hydroxyl groups is 1. The summed E-state index contributed by atoms with van der Waals surface area (Å²) in [5.74, 6) is -0.202. The van der Waals surface area contributed by atoms with Crippen LogP contribution in [0.1, 0.15) is 45.2 Å². The van der Waals surface area contributed by atoms with E-state index in [0.29, 0.717) is 6.54 Å². The second-order valence-corrected chi connectivity index (χ2v) is 6.40. The first-order valence-electron chi connectivity index (χ1n) is 7.71. The van der Waals surface area contributed by atoms with E-state index in [1.165, 1.54) is 12.1 Å². The summed E-state index contributed by atoms with van der Waals surface area (Å²) in [6.45, 7) is 8.22. The average molecular weight is 296 g/mol. The highest BCUT2D eigenvalue weighted by Gasteiger charge is 2.17. The zero-order valence-electron chi connectivity index (χ0n) is 13.7. The van der Waals surface area contributed by atoms with Gasteiger partial charge in [0.15, 0.2) is 0 Å². The van der Waals surface area contributed by atoms with Gasteiger partial charge >= 0.3 is 0 Å². The lowest BCUT2D eigenvalue weighted by molar-refractivity contribution is 0.0435. The van der Waals surface area contributed by atoms with Crippen LogP contribution >= 0.6 is 0 Å². The predicted molar refractivity (Wildman–Crippen MR) is 85.8 cm³/mol. The van der Waals surface area contributed by atoms with Gasteiger partial charge in [0.25, 0.3) is 0 Å². The van der Waals surface area contributed by atoms with E-state index in [2.05, 4.69) is 17.1 Å². The first-order valence-corrected chi connectivity index (χ1v) is 7.71. The van der Waals surface area contributed by atoms with Crippen molar-refractivity contribution in [3.8, 4) is 0 Å². The summed E-state index contributed by atoms with van der Waals surface area (Å²) in [6, 6.07) is 6.93. The normalized spacial score (nSPS) is 13.7. The minimum absolute atomic E-state index is 0.202. The molecular formula is C17H29FN2O. The van der Waals surface area contributed by atoms with Crippen molar-refractivity contribution in [2.45, 2.75) is 45.3 Å². The lowest BCUT2D eigenvalue weighted by Crippen LogP contribution is -2.37. The number of halogens is 1. The van der Waals surface area contributed by atoms with Crippen molar-refractivity contribution < 1.29 is 9.50 Å². The largest absolute Gasteiger partial charge is 0.389 e. The van der Waals surface area contributed by atoms with Crippen molar-refractivity contribution in [3.63, 3.8) is 0 Å². The Morgan fingerprint density at radius 2 is 1.90 bits per heavy atom. The Kier molecular flexibility index (Phi) is 7.29. The third kappa shape index (κ3) is 7.55. The predicted octanol–water partition coefficient (Wildman–Crippen LogP) is 2.96. The topological polar surface area (TPSA) is 35.5 Å². The van der Waals surface area contributed by atoms with Crippen molar-refractivity contribution >= 4 is 0 Å². The smallest absolute Gasteiger partial charge is 0.123 e. The number of rotatable bonds is 9. The van der Waals surface area contributed by atoms with E-state index in [1.54, 1.807) is 0 Å². The van der Waals surface area contributed by atoms with Gasteiger partial charge in [-0.15, -0.1) is 0 Å². The summed E-state index contributed by atoms with van der Waals surface area (Å²) >= 11 is 0. The number of likely N-dealkylation sites (N-methyl/N-ethyl adjacent to an activating group) is 1. The van der Waals surface area contributed by atoms with Gasteiger partial charge in [0.1, 0.15) is 5.82 Å². The van der Waals surface area contributed by atoms with E-state index in [4.69, 9.17) is 0 Å². The molecule has 1 aromatic rings. The van der Waals surface area contributed by atoms with Crippen LogP contribution in [0.5, 0.6) is 0 Å². The number of nitrogens with zero attached hydrogens (tertiary/aromatic N) is 1. The molecule has 2 N–H and O–H groups in total. The Morgan fingerprint density at radius 3 is 2.43 bits per heavy atom. The summed E-state index contributed by atoms with van der Waals surface area (Å²) in [5, 5.41) is 13.4. The third-order valence-electron chi connectivity index (χ3n) is 3.37. The summed E-state index contributed by atoms with van der Waals surface area (Å²) < 4.78 is 13.0. The van der Waals surface area contributed by atoms with Crippen molar-refractivity contribution in [3.05, 3.63) is 35.6 Å². The molecular weight excluding hydrogens is 267 g/mol. The van der Waals surface area contributed by atoms with Gasteiger partial charge < -0.3 is 15.3 Å². The maximum Gasteiger partial charge on any atom is 0.123 e. The van der Waals surface area contributed by atoms with Crippen LogP contribution in [0.25, 0.3) is 0 Å². The zero-order valence-corrected chi connectivity index (χ0v) is 13.7. The van der Waals surface area contributed by atoms with Gasteiger partial charge in [0.05, 0.1) is 5.60 Å². The van der Waals surface area contributed by atoms with Crippen LogP contribution in [0, 0.1) is 5.82 Å². The standard InChI is InChI=1S/C17H29FN2O/c1-5-11-19-16(14-6-8-15(18)9-7-14)10-12-20(4)13-17(2,3)21/h6-9,16,19,21H,5,10-13H2,1-4H3. The minimum Gasteiger partial charge on any atom is -0.389 e. The molecule has 0 aliphatic heterocycles. The summed E-state index contributed by atoms with van der Waals surface area (Å²) in [7, 11) is 2.01. The molecule has 1 aromatic carbocycles. The van der Waals surface area contributed by atoms with E-state index < -0.39 is 5.60 Å². The van der Waals surface area contributed by atoms with Gasteiger partial charge in [-0.05, 0) is 64.5 Å². The van der Waals surface area contributed by atoms with E-state index in [9.17, 15) is 9.50 Å². The maximum atomic E-state index is 13.0. The third-order valence-corrected chi connectivity index (χ3v) is 3.37. The number of benzene rings is 1. The van der Waals surface area contributed by atoms with Crippen LogP contribution in [-0.4, -0.2) is 42.3 Å². The van der Waals surface area contributed by atoms with E-state index in [1.807, 2.05) is 33.0 Å². The fourth-order valence-electron chi connectivity index (χ4n) is 2.49. The number of hydrogen-bond acceptors (Lipinski definition) is 3. The lowest BCUT2D eigenvalue weighted by Gasteiger charge is -2.27. The Balaban J connectivity index is 2.60. The minimum atomic E-state index is -0.684. The van der Waals surface area contributed by atoms with E-state index in [-0.39, 0.29) is 11.9 Å². The highest BCUT2D eigenvalue weighted by molar-refractivity contribution is 5.20. The number of nitrogens with one attached hydrogen (secondary N) is 1. The van der Waals surface area contributed by atoms with Gasteiger partial charge in [-0.2, -0.15) is 0 Å². The fourth-order valence-corrected chi connectivity index (χ4v) is 2.49. The van der Waals surface area contributed by atoms with Crippen LogP contribution in [0.3, 0.4) is 0 Å². The Labute approximate surface area is 128 Å². The molecule has 0 heterocycles. The van der Waals surface area contributed by atoms with Crippen LogP contribution in [0.2, 0.25) is 0 Å². The van der Waals surface area contributed by atoms with Gasteiger partial charge in [-0.25, -0.2) is 4.39 Å². The molecule has 1 atom stereocenters. The van der Waals surface area contributed by atoms with Crippen LogP contribution < -0.4 is 5.32 Å². The molecule has 0 bridgehead atoms. The molecule has 3 nitrogen and oxygen atoms in total. The second kappa shape index (κ2) is 8.47. The summed E-state index contributed by atoms with van der Waals surface area (Å²) in [5.41, 5.74) is 0.429. The first-order chi connectivity index (χ1) is 9.81. The van der Waals surface area contributed by atoms with Crippen molar-refractivity contribution in [1.29, 1.82) is 0 Å². The molecule has 0 radical (unpaired) electrons. The molecule has 0 fully saturated rings. The molecule has 0 amide bonds. The van der Waals surface area contributed by atoms with Gasteiger partial charge in [0, 0.05) is 12.6 Å². The van der Waals surface area contributed by atoms with Crippen LogP contribution in [0.4, 0.5) is 4.39 Å². The van der Waals surface area contributed by atoms with E-state index in [0.717, 1.165) is 31.5 Å². The fraction of sp³-hybridized carbons (Fsp3) is 0.647. The van der Waals surface area contributed by atoms with Crippen LogP contribution in [0.15, 0.2) is 24.3 Å². The molecule has 0 saturated carbocycles. The van der Waals surface area contributed by atoms with E-state index >= 15 is 0 Å². The van der Waals surface area contributed by atoms with Crippen molar-refractivity contribution in [1.82, 2.24) is 10.2 Å². The zero-order chi connectivity index (χ0) is 15.9. The van der Waals surface area contributed by atoms with Gasteiger partial charge in [-0.3, -0.25) is 0 Å². The molecule has 0 spiro atoms. The van der Waals surface area contributed by atoms with Crippen molar-refractivity contribution in [2.24, 2.45) is 0 Å². The first kappa shape index (κ1) is 18.1. The summed E-state index contributed by atoms with van der Waals surface area (Å²) in [4.78, 5) is 2.13. The molecule has 0 aliphatic rings. The molecule has 0 aliphatic carbocycles. The Hall–Kier alpha value is -0.970. The molecule has 0 aromatic heterocycles. The quantitative estimate of drug-likeness (QED) is 0.735. The second-order valence-electron chi connectivity index (χ2n) is 6.40. The van der Waals surface area contributed by atoms with Crippen LogP contribution in [-0.2, 0) is 0 Å². The highest BCUT2D eigenvalue weighted by Crippen LogP contribution is 2.18. The molecule has 21 heavy (non-hydrogen) atoms. The number of hydrogen-bond donors (Lipinski definition) is 2. The maximum absolute atomic E-state index is 13.0. The highest BCUT2D eigenvalue weighted by atomic mass is 19.1. The monoisotopic (exact) mass is 296 g/mol. The van der Waals surface area contributed by atoms with Gasteiger partial charge in [0.2, 0.25) is 0 Å². The summed E-state index contributed by atoms with van der Waals surface area (Å²) in [6.07, 6.45) is 2.00. The van der Waals surface area contributed by atoms with Crippen molar-refractivity contribution in [2.75, 3.05) is 26.7 Å². The van der Waals surface area contributed by atoms with Gasteiger partial charge in [-0.1, -0.05) is 19.1 Å². The Bertz CT molecular complexity index is 400. The molecule has 1 unspecified atom stereocenters. The Morgan fingerprint density at radius 1 is 1.29 bits per heavy atom. The average Bonchev–Trinajstić information content (AvgIpc) is 2.38. The molecule has 120 valence electrons.